The average molecular weight is 364 g/mol. The van der Waals surface area contributed by atoms with Gasteiger partial charge in [-0.2, -0.15) is 23.5 Å². The fourth-order valence-corrected chi connectivity index (χ4v) is 2.09. The third-order valence-corrected chi connectivity index (χ3v) is 3.18. The number of hydrogen-bond acceptors (Lipinski definition) is 5. The van der Waals surface area contributed by atoms with Crippen LogP contribution in [0.5, 0.6) is 5.75 Å². The monoisotopic (exact) mass is 364 g/mol. The summed E-state index contributed by atoms with van der Waals surface area (Å²) in [7, 11) is 3.08. The number of alkyl halides is 3. The fourth-order valence-electron chi connectivity index (χ4n) is 2.09. The molecule has 136 valence electrons. The molecule has 0 atom stereocenters. The zero-order valence-electron chi connectivity index (χ0n) is 14.0. The summed E-state index contributed by atoms with van der Waals surface area (Å²) in [4.78, 5) is 0. The molecule has 0 aliphatic carbocycles. The molecule has 2 rings (SSSR count). The van der Waals surface area contributed by atoms with Crippen LogP contribution in [0.4, 0.5) is 19.0 Å². The lowest BCUT2D eigenvalue weighted by Gasteiger charge is -2.07. The topological polar surface area (TPSA) is 83.0 Å². The molecular formula is C17H15F3N4O2. The van der Waals surface area contributed by atoms with Gasteiger partial charge in [0.25, 0.3) is 0 Å². The lowest BCUT2D eigenvalue weighted by molar-refractivity contribution is -0.115. The van der Waals surface area contributed by atoms with E-state index in [4.69, 9.17) is 9.47 Å². The molecule has 0 aliphatic heterocycles. The Hall–Kier alpha value is -3.17. The molecule has 0 saturated carbocycles. The van der Waals surface area contributed by atoms with Crippen LogP contribution in [0.2, 0.25) is 0 Å². The third-order valence-electron chi connectivity index (χ3n) is 3.18. The number of nitrogens with one attached hydrogen (secondary N) is 2. The van der Waals surface area contributed by atoms with Gasteiger partial charge in [0.2, 0.25) is 0 Å². The van der Waals surface area contributed by atoms with Crippen molar-refractivity contribution in [2.75, 3.05) is 26.1 Å². The summed E-state index contributed by atoms with van der Waals surface area (Å²) in [5, 5.41) is 17.4. The Labute approximate surface area is 147 Å². The number of anilines is 1. The highest BCUT2D eigenvalue weighted by Gasteiger charge is 2.27. The van der Waals surface area contributed by atoms with Gasteiger partial charge in [-0.05, 0) is 29.7 Å². The molecule has 0 spiro atoms. The molecule has 2 aromatic rings. The van der Waals surface area contributed by atoms with Gasteiger partial charge in [0.1, 0.15) is 29.7 Å². The Morgan fingerprint density at radius 2 is 2.00 bits per heavy atom. The number of ether oxygens (including phenoxy) is 2. The Morgan fingerprint density at radius 1 is 1.23 bits per heavy atom. The van der Waals surface area contributed by atoms with Gasteiger partial charge in [-0.15, -0.1) is 0 Å². The average Bonchev–Trinajstić information content (AvgIpc) is 2.99. The summed E-state index contributed by atoms with van der Waals surface area (Å²) in [6.07, 6.45) is -4.41. The first-order valence-electron chi connectivity index (χ1n) is 7.34. The number of nitrogens with zero attached hydrogens (tertiary/aromatic N) is 2. The van der Waals surface area contributed by atoms with Crippen molar-refractivity contribution in [1.29, 1.82) is 5.26 Å². The molecule has 1 aromatic heterocycles. The molecule has 6 nitrogen and oxygen atoms in total. The maximum absolute atomic E-state index is 12.3. The molecule has 0 aliphatic rings. The number of H-pyrrole nitrogens is 1. The minimum absolute atomic E-state index is 0.0493. The molecular weight excluding hydrogens is 349 g/mol. The molecule has 1 aromatic carbocycles. The molecule has 0 saturated heterocycles. The van der Waals surface area contributed by atoms with Crippen LogP contribution in [-0.2, 0) is 11.3 Å². The largest absolute Gasteiger partial charge is 0.497 e. The Kier molecular flexibility index (Phi) is 6.10. The van der Waals surface area contributed by atoms with Gasteiger partial charge in [-0.3, -0.25) is 5.10 Å². The van der Waals surface area contributed by atoms with Crippen LogP contribution in [0.1, 0.15) is 22.4 Å². The SMILES string of the molecule is COCc1cc(C#Cc2n[nH]c(NCC(F)(F)F)c2C#N)cc(OC)c1. The van der Waals surface area contributed by atoms with E-state index in [-0.39, 0.29) is 17.1 Å². The summed E-state index contributed by atoms with van der Waals surface area (Å²) in [6.45, 7) is -0.920. The molecule has 26 heavy (non-hydrogen) atoms. The lowest BCUT2D eigenvalue weighted by Crippen LogP contribution is -2.21. The molecule has 2 N–H and O–H groups in total. The third kappa shape index (κ3) is 5.16. The molecule has 1 heterocycles. The van der Waals surface area contributed by atoms with Crippen molar-refractivity contribution in [3.8, 4) is 23.7 Å². The molecule has 0 bridgehead atoms. The van der Waals surface area contributed by atoms with Crippen molar-refractivity contribution in [1.82, 2.24) is 10.2 Å². The normalized spacial score (nSPS) is 10.6. The zero-order valence-corrected chi connectivity index (χ0v) is 14.0. The van der Waals surface area contributed by atoms with E-state index in [9.17, 15) is 18.4 Å². The number of methoxy groups -OCH3 is 2. The second-order valence-electron chi connectivity index (χ2n) is 5.16. The van der Waals surface area contributed by atoms with Crippen molar-refractivity contribution in [2.24, 2.45) is 0 Å². The highest BCUT2D eigenvalue weighted by Crippen LogP contribution is 2.20. The van der Waals surface area contributed by atoms with E-state index in [1.807, 2.05) is 0 Å². The Bertz CT molecular complexity index is 873. The molecule has 9 heteroatoms. The molecule has 0 unspecified atom stereocenters. The van der Waals surface area contributed by atoms with Crippen LogP contribution < -0.4 is 10.1 Å². The van der Waals surface area contributed by atoms with E-state index < -0.39 is 12.7 Å². The van der Waals surface area contributed by atoms with E-state index in [0.717, 1.165) is 5.56 Å². The summed E-state index contributed by atoms with van der Waals surface area (Å²) in [5.41, 5.74) is 1.40. The highest BCUT2D eigenvalue weighted by molar-refractivity contribution is 5.60. The van der Waals surface area contributed by atoms with Gasteiger partial charge in [0.15, 0.2) is 5.69 Å². The van der Waals surface area contributed by atoms with Crippen molar-refractivity contribution < 1.29 is 22.6 Å². The van der Waals surface area contributed by atoms with Gasteiger partial charge in [-0.25, -0.2) is 0 Å². The standard InChI is InChI=1S/C17H15F3N4O2/c1-25-9-12-5-11(6-13(7-12)26-2)3-4-15-14(8-21)16(24-23-15)22-10-17(18,19)20/h5-7H,9-10H2,1-2H3,(H2,22,23,24). The number of aromatic amines is 1. The van der Waals surface area contributed by atoms with Gasteiger partial charge in [-0.1, -0.05) is 5.92 Å². The maximum Gasteiger partial charge on any atom is 0.405 e. The quantitative estimate of drug-likeness (QED) is 0.797. The summed E-state index contributed by atoms with van der Waals surface area (Å²) < 4.78 is 47.2. The van der Waals surface area contributed by atoms with Crippen LogP contribution >= 0.6 is 0 Å². The number of hydrogen-bond donors (Lipinski definition) is 2. The van der Waals surface area contributed by atoms with Gasteiger partial charge < -0.3 is 14.8 Å². The van der Waals surface area contributed by atoms with Crippen molar-refractivity contribution >= 4 is 5.82 Å². The first-order chi connectivity index (χ1) is 12.4. The van der Waals surface area contributed by atoms with E-state index in [1.54, 1.807) is 31.4 Å². The van der Waals surface area contributed by atoms with E-state index >= 15 is 0 Å². The molecule has 0 radical (unpaired) electrons. The maximum atomic E-state index is 12.3. The Morgan fingerprint density at radius 3 is 2.62 bits per heavy atom. The van der Waals surface area contributed by atoms with Crippen LogP contribution in [0.3, 0.4) is 0 Å². The fraction of sp³-hybridized carbons (Fsp3) is 0.294. The van der Waals surface area contributed by atoms with Crippen LogP contribution in [0, 0.1) is 23.2 Å². The number of aromatic nitrogens is 2. The number of halogens is 3. The first-order valence-corrected chi connectivity index (χ1v) is 7.34. The Balaban J connectivity index is 2.29. The summed E-state index contributed by atoms with van der Waals surface area (Å²) >= 11 is 0. The van der Waals surface area contributed by atoms with Gasteiger partial charge in [0, 0.05) is 12.7 Å². The van der Waals surface area contributed by atoms with Crippen LogP contribution in [0.25, 0.3) is 0 Å². The van der Waals surface area contributed by atoms with Gasteiger partial charge >= 0.3 is 6.18 Å². The smallest absolute Gasteiger partial charge is 0.405 e. The minimum Gasteiger partial charge on any atom is -0.497 e. The van der Waals surface area contributed by atoms with Crippen molar-refractivity contribution in [2.45, 2.75) is 12.8 Å². The van der Waals surface area contributed by atoms with E-state index in [2.05, 4.69) is 27.4 Å². The van der Waals surface area contributed by atoms with Crippen molar-refractivity contribution in [3.63, 3.8) is 0 Å². The van der Waals surface area contributed by atoms with Crippen LogP contribution in [0.15, 0.2) is 18.2 Å². The predicted octanol–water partition coefficient (Wildman–Crippen LogP) is 2.81. The minimum atomic E-state index is -4.41. The second-order valence-corrected chi connectivity index (χ2v) is 5.16. The first kappa shape index (κ1) is 19.2. The summed E-state index contributed by atoms with van der Waals surface area (Å²) in [5.74, 6) is 5.97. The molecule has 0 amide bonds. The number of benzene rings is 1. The number of nitriles is 1. The van der Waals surface area contributed by atoms with E-state index in [0.29, 0.717) is 17.9 Å². The van der Waals surface area contributed by atoms with Crippen LogP contribution in [-0.4, -0.2) is 37.1 Å². The zero-order chi connectivity index (χ0) is 19.2. The molecule has 0 fully saturated rings. The van der Waals surface area contributed by atoms with E-state index in [1.165, 1.54) is 7.11 Å². The van der Waals surface area contributed by atoms with Gasteiger partial charge in [0.05, 0.1) is 13.7 Å². The lowest BCUT2D eigenvalue weighted by atomic mass is 10.1. The number of rotatable bonds is 5. The second kappa shape index (κ2) is 8.28. The highest BCUT2D eigenvalue weighted by atomic mass is 19.4. The van der Waals surface area contributed by atoms with Crippen molar-refractivity contribution in [3.05, 3.63) is 40.6 Å². The predicted molar refractivity (Wildman–Crippen MR) is 87.5 cm³/mol. The summed E-state index contributed by atoms with van der Waals surface area (Å²) in [6, 6.07) is 7.06.